The van der Waals surface area contributed by atoms with Crippen molar-refractivity contribution in [2.75, 3.05) is 13.7 Å². The Morgan fingerprint density at radius 3 is 3.18 bits per heavy atom. The summed E-state index contributed by atoms with van der Waals surface area (Å²) in [6.45, 7) is 0.669. The summed E-state index contributed by atoms with van der Waals surface area (Å²) in [5, 5.41) is 6.96. The molecule has 62 valence electrons. The number of aromatic amines is 1. The predicted molar refractivity (Wildman–Crippen MR) is 46.9 cm³/mol. The van der Waals surface area contributed by atoms with Crippen LogP contribution < -0.4 is 0 Å². The van der Waals surface area contributed by atoms with Gasteiger partial charge in [0.05, 0.1) is 6.61 Å². The van der Waals surface area contributed by atoms with E-state index in [-0.39, 0.29) is 5.25 Å². The van der Waals surface area contributed by atoms with Crippen LogP contribution in [0.2, 0.25) is 0 Å². The standard InChI is InChI=1S/C7H12N2OS/c1-10-5-7(11)4-6-2-3-8-9-6/h2-3,7,11H,4-5H2,1H3,(H,8,9)/t7-/m1/s1. The van der Waals surface area contributed by atoms with E-state index in [1.54, 1.807) is 13.3 Å². The Morgan fingerprint density at radius 2 is 2.64 bits per heavy atom. The molecule has 0 amide bonds. The molecule has 1 N–H and O–H groups in total. The molecule has 0 saturated carbocycles. The molecule has 1 rings (SSSR count). The van der Waals surface area contributed by atoms with Crippen LogP contribution in [-0.2, 0) is 11.2 Å². The molecule has 0 aliphatic rings. The number of H-pyrrole nitrogens is 1. The zero-order chi connectivity index (χ0) is 8.10. The molecule has 0 unspecified atom stereocenters. The van der Waals surface area contributed by atoms with Crippen LogP contribution in [0.25, 0.3) is 0 Å². The van der Waals surface area contributed by atoms with Gasteiger partial charge in [0.2, 0.25) is 0 Å². The van der Waals surface area contributed by atoms with Crippen LogP contribution in [0.1, 0.15) is 5.69 Å². The fourth-order valence-electron chi connectivity index (χ4n) is 0.904. The Balaban J connectivity index is 2.31. The molecule has 0 fully saturated rings. The van der Waals surface area contributed by atoms with Crippen LogP contribution in [0.4, 0.5) is 0 Å². The van der Waals surface area contributed by atoms with Gasteiger partial charge in [-0.1, -0.05) is 0 Å². The number of ether oxygens (including phenoxy) is 1. The van der Waals surface area contributed by atoms with E-state index in [1.165, 1.54) is 0 Å². The van der Waals surface area contributed by atoms with Crippen LogP contribution in [-0.4, -0.2) is 29.2 Å². The van der Waals surface area contributed by atoms with Crippen LogP contribution >= 0.6 is 12.6 Å². The summed E-state index contributed by atoms with van der Waals surface area (Å²) in [6, 6.07) is 1.94. The summed E-state index contributed by atoms with van der Waals surface area (Å²) < 4.78 is 4.94. The molecule has 3 nitrogen and oxygen atoms in total. The number of hydrogen-bond acceptors (Lipinski definition) is 3. The van der Waals surface area contributed by atoms with Crippen LogP contribution in [0.5, 0.6) is 0 Å². The van der Waals surface area contributed by atoms with Gasteiger partial charge in [-0.25, -0.2) is 0 Å². The Morgan fingerprint density at radius 1 is 1.82 bits per heavy atom. The lowest BCUT2D eigenvalue weighted by Gasteiger charge is -2.06. The summed E-state index contributed by atoms with van der Waals surface area (Å²) in [5.41, 5.74) is 1.10. The molecule has 0 bridgehead atoms. The number of rotatable bonds is 4. The van der Waals surface area contributed by atoms with Crippen molar-refractivity contribution in [1.29, 1.82) is 0 Å². The zero-order valence-corrected chi connectivity index (χ0v) is 7.34. The smallest absolute Gasteiger partial charge is 0.0582 e. The average Bonchev–Trinajstić information content (AvgIpc) is 2.40. The molecule has 0 saturated heterocycles. The maximum absolute atomic E-state index is 4.94. The zero-order valence-electron chi connectivity index (χ0n) is 6.45. The topological polar surface area (TPSA) is 37.9 Å². The van der Waals surface area contributed by atoms with Crippen LogP contribution in [0.3, 0.4) is 0 Å². The normalized spacial score (nSPS) is 13.3. The minimum absolute atomic E-state index is 0.250. The third-order valence-electron chi connectivity index (χ3n) is 1.37. The van der Waals surface area contributed by atoms with E-state index in [9.17, 15) is 0 Å². The van der Waals surface area contributed by atoms with E-state index in [2.05, 4.69) is 22.8 Å². The SMILES string of the molecule is COC[C@H](S)Cc1ccn[nH]1. The summed E-state index contributed by atoms with van der Waals surface area (Å²) in [7, 11) is 1.68. The second kappa shape index (κ2) is 4.41. The van der Waals surface area contributed by atoms with Crippen molar-refractivity contribution in [3.63, 3.8) is 0 Å². The highest BCUT2D eigenvalue weighted by atomic mass is 32.1. The highest BCUT2D eigenvalue weighted by Gasteiger charge is 2.03. The molecular weight excluding hydrogens is 160 g/mol. The number of methoxy groups -OCH3 is 1. The molecule has 1 aromatic rings. The van der Waals surface area contributed by atoms with Gasteiger partial charge < -0.3 is 4.74 Å². The fraction of sp³-hybridized carbons (Fsp3) is 0.571. The van der Waals surface area contributed by atoms with E-state index in [4.69, 9.17) is 4.74 Å². The molecule has 1 aromatic heterocycles. The number of thiol groups is 1. The maximum atomic E-state index is 4.94. The number of hydrogen-bond donors (Lipinski definition) is 2. The molecule has 1 atom stereocenters. The summed E-state index contributed by atoms with van der Waals surface area (Å²) >= 11 is 4.32. The Kier molecular flexibility index (Phi) is 3.45. The first kappa shape index (κ1) is 8.62. The number of nitrogens with one attached hydrogen (secondary N) is 1. The summed E-state index contributed by atoms with van der Waals surface area (Å²) in [6.07, 6.45) is 2.61. The third kappa shape index (κ3) is 2.95. The van der Waals surface area contributed by atoms with Crippen molar-refractivity contribution >= 4 is 12.6 Å². The first-order valence-electron chi connectivity index (χ1n) is 3.48. The van der Waals surface area contributed by atoms with Crippen molar-refractivity contribution in [3.05, 3.63) is 18.0 Å². The van der Waals surface area contributed by atoms with Gasteiger partial charge in [-0.2, -0.15) is 17.7 Å². The third-order valence-corrected chi connectivity index (χ3v) is 1.70. The lowest BCUT2D eigenvalue weighted by atomic mass is 10.2. The number of nitrogens with zero attached hydrogens (tertiary/aromatic N) is 1. The first-order valence-corrected chi connectivity index (χ1v) is 4.00. The van der Waals surface area contributed by atoms with E-state index >= 15 is 0 Å². The van der Waals surface area contributed by atoms with Gasteiger partial charge in [0, 0.05) is 30.7 Å². The lowest BCUT2D eigenvalue weighted by Crippen LogP contribution is -2.10. The quantitative estimate of drug-likeness (QED) is 0.662. The van der Waals surface area contributed by atoms with Crippen LogP contribution in [0, 0.1) is 0 Å². The van der Waals surface area contributed by atoms with Crippen molar-refractivity contribution in [2.24, 2.45) is 0 Å². The molecular formula is C7H12N2OS. The fourth-order valence-corrected chi connectivity index (χ4v) is 1.25. The molecule has 0 aromatic carbocycles. The minimum atomic E-state index is 0.250. The second-order valence-corrected chi connectivity index (χ2v) is 3.13. The molecule has 11 heavy (non-hydrogen) atoms. The van der Waals surface area contributed by atoms with Gasteiger partial charge in [0.15, 0.2) is 0 Å². The monoisotopic (exact) mass is 172 g/mol. The van der Waals surface area contributed by atoms with Gasteiger partial charge >= 0.3 is 0 Å². The first-order chi connectivity index (χ1) is 5.33. The number of aromatic nitrogens is 2. The van der Waals surface area contributed by atoms with Gasteiger partial charge in [0.1, 0.15) is 0 Å². The largest absolute Gasteiger partial charge is 0.384 e. The van der Waals surface area contributed by atoms with E-state index in [1.807, 2.05) is 6.07 Å². The van der Waals surface area contributed by atoms with E-state index in [0.29, 0.717) is 6.61 Å². The van der Waals surface area contributed by atoms with Crippen molar-refractivity contribution in [2.45, 2.75) is 11.7 Å². The van der Waals surface area contributed by atoms with Crippen LogP contribution in [0.15, 0.2) is 12.3 Å². The Labute approximate surface area is 71.6 Å². The van der Waals surface area contributed by atoms with Gasteiger partial charge in [-0.05, 0) is 6.07 Å². The highest BCUT2D eigenvalue weighted by Crippen LogP contribution is 2.04. The Hall–Kier alpha value is -0.480. The Bertz CT molecular complexity index is 188. The van der Waals surface area contributed by atoms with Crippen molar-refractivity contribution in [3.8, 4) is 0 Å². The molecule has 0 aliphatic carbocycles. The molecule has 0 aliphatic heterocycles. The minimum Gasteiger partial charge on any atom is -0.384 e. The second-order valence-electron chi connectivity index (χ2n) is 2.40. The molecule has 0 radical (unpaired) electrons. The van der Waals surface area contributed by atoms with E-state index in [0.717, 1.165) is 12.1 Å². The summed E-state index contributed by atoms with van der Waals surface area (Å²) in [4.78, 5) is 0. The van der Waals surface area contributed by atoms with Crippen molar-refractivity contribution < 1.29 is 4.74 Å². The van der Waals surface area contributed by atoms with Gasteiger partial charge in [-0.15, -0.1) is 0 Å². The molecule has 0 spiro atoms. The average molecular weight is 172 g/mol. The lowest BCUT2D eigenvalue weighted by molar-refractivity contribution is 0.199. The predicted octanol–water partition coefficient (Wildman–Crippen LogP) is 0.897. The molecule has 4 heteroatoms. The molecule has 1 heterocycles. The van der Waals surface area contributed by atoms with Crippen molar-refractivity contribution in [1.82, 2.24) is 10.2 Å². The highest BCUT2D eigenvalue weighted by molar-refractivity contribution is 7.81. The van der Waals surface area contributed by atoms with Gasteiger partial charge in [-0.3, -0.25) is 5.10 Å². The van der Waals surface area contributed by atoms with E-state index < -0.39 is 0 Å². The van der Waals surface area contributed by atoms with Gasteiger partial charge in [0.25, 0.3) is 0 Å². The summed E-state index contributed by atoms with van der Waals surface area (Å²) in [5.74, 6) is 0. The maximum Gasteiger partial charge on any atom is 0.0582 e.